The van der Waals surface area contributed by atoms with Gasteiger partial charge in [-0.25, -0.2) is 4.39 Å². The van der Waals surface area contributed by atoms with E-state index < -0.39 is 5.82 Å². The van der Waals surface area contributed by atoms with Gasteiger partial charge in [0.15, 0.2) is 5.78 Å². The quantitative estimate of drug-likeness (QED) is 0.350. The molecule has 0 bridgehead atoms. The standard InChI is InChI=1S/C27H21FO/c28-26-11-5-10-25(19-26)27(29)18-20-6-4-9-22(13-12-20)24-16-14-23(15-17-24)21-7-2-1-3-8-21/h1-11,14-19H,12-13H2/b20-18-. The zero-order chi connectivity index (χ0) is 20.1. The van der Waals surface area contributed by atoms with Gasteiger partial charge in [0.1, 0.15) is 5.82 Å². The maximum Gasteiger partial charge on any atom is 0.186 e. The van der Waals surface area contributed by atoms with E-state index in [0.29, 0.717) is 5.56 Å². The number of carbonyl (C=O) groups is 1. The molecule has 0 atom stereocenters. The fraction of sp³-hybridized carbons (Fsp3) is 0.0741. The van der Waals surface area contributed by atoms with E-state index >= 15 is 0 Å². The molecule has 29 heavy (non-hydrogen) atoms. The molecule has 0 fully saturated rings. The van der Waals surface area contributed by atoms with Crippen LogP contribution in [0.5, 0.6) is 0 Å². The van der Waals surface area contributed by atoms with Crippen LogP contribution in [0.4, 0.5) is 4.39 Å². The third-order valence-electron chi connectivity index (χ3n) is 5.08. The van der Waals surface area contributed by atoms with Gasteiger partial charge in [0.05, 0.1) is 0 Å². The summed E-state index contributed by atoms with van der Waals surface area (Å²) in [4.78, 5) is 12.4. The van der Waals surface area contributed by atoms with Crippen molar-refractivity contribution in [1.29, 1.82) is 0 Å². The summed E-state index contributed by atoms with van der Waals surface area (Å²) in [5.74, 6) is -0.562. The molecule has 1 nitrogen and oxygen atoms in total. The fourth-order valence-corrected chi connectivity index (χ4v) is 3.50. The minimum absolute atomic E-state index is 0.167. The zero-order valence-corrected chi connectivity index (χ0v) is 16.0. The highest BCUT2D eigenvalue weighted by molar-refractivity contribution is 6.05. The Kier molecular flexibility index (Phi) is 5.62. The predicted octanol–water partition coefficient (Wildman–Crippen LogP) is 7.04. The van der Waals surface area contributed by atoms with E-state index in [1.807, 2.05) is 30.4 Å². The van der Waals surface area contributed by atoms with E-state index in [1.54, 1.807) is 18.2 Å². The average molecular weight is 380 g/mol. The number of allylic oxidation sites excluding steroid dienone is 6. The van der Waals surface area contributed by atoms with Crippen LogP contribution in [0.15, 0.2) is 109 Å². The van der Waals surface area contributed by atoms with Crippen LogP contribution in [-0.4, -0.2) is 5.78 Å². The van der Waals surface area contributed by atoms with Crippen LogP contribution in [0.2, 0.25) is 0 Å². The first-order valence-corrected chi connectivity index (χ1v) is 9.72. The van der Waals surface area contributed by atoms with Crippen LogP contribution in [-0.2, 0) is 0 Å². The molecule has 0 unspecified atom stereocenters. The minimum atomic E-state index is -0.395. The van der Waals surface area contributed by atoms with Crippen LogP contribution >= 0.6 is 0 Å². The summed E-state index contributed by atoms with van der Waals surface area (Å²) in [6, 6.07) is 24.7. The Labute approximate surface area is 170 Å². The Hall–Kier alpha value is -3.52. The third kappa shape index (κ3) is 4.67. The zero-order valence-electron chi connectivity index (χ0n) is 16.0. The van der Waals surface area contributed by atoms with Crippen LogP contribution < -0.4 is 0 Å². The van der Waals surface area contributed by atoms with Crippen molar-refractivity contribution >= 4 is 11.4 Å². The molecule has 0 N–H and O–H groups in total. The Morgan fingerprint density at radius 2 is 1.52 bits per heavy atom. The topological polar surface area (TPSA) is 17.1 Å². The molecule has 0 aliphatic heterocycles. The highest BCUT2D eigenvalue weighted by Crippen LogP contribution is 2.28. The summed E-state index contributed by atoms with van der Waals surface area (Å²) < 4.78 is 13.4. The Balaban J connectivity index is 1.46. The monoisotopic (exact) mass is 380 g/mol. The molecule has 2 heteroatoms. The van der Waals surface area contributed by atoms with E-state index in [9.17, 15) is 9.18 Å². The summed E-state index contributed by atoms with van der Waals surface area (Å²) in [6.45, 7) is 0. The molecule has 142 valence electrons. The molecular formula is C27H21FO. The molecular weight excluding hydrogens is 359 g/mol. The third-order valence-corrected chi connectivity index (χ3v) is 5.08. The Morgan fingerprint density at radius 3 is 2.28 bits per heavy atom. The number of halogens is 1. The lowest BCUT2D eigenvalue weighted by molar-refractivity contribution is 0.104. The van der Waals surface area contributed by atoms with E-state index in [0.717, 1.165) is 18.4 Å². The number of ketones is 1. The first kappa shape index (κ1) is 18.8. The van der Waals surface area contributed by atoms with Gasteiger partial charge in [-0.2, -0.15) is 0 Å². The van der Waals surface area contributed by atoms with Gasteiger partial charge in [-0.1, -0.05) is 85.0 Å². The van der Waals surface area contributed by atoms with E-state index in [-0.39, 0.29) is 5.78 Å². The van der Waals surface area contributed by atoms with Crippen molar-refractivity contribution in [3.05, 3.63) is 126 Å². The lowest BCUT2D eigenvalue weighted by atomic mass is 9.96. The SMILES string of the molecule is O=C(/C=C1/C=CC=C(c2ccc(-c3ccccc3)cc2)CC1)c1cccc(F)c1. The summed E-state index contributed by atoms with van der Waals surface area (Å²) in [7, 11) is 0. The van der Waals surface area contributed by atoms with Gasteiger partial charge < -0.3 is 0 Å². The van der Waals surface area contributed by atoms with Gasteiger partial charge in [0, 0.05) is 5.56 Å². The molecule has 0 radical (unpaired) electrons. The number of hydrogen-bond acceptors (Lipinski definition) is 1. The van der Waals surface area contributed by atoms with E-state index in [2.05, 4.69) is 42.5 Å². The van der Waals surface area contributed by atoms with Gasteiger partial charge in [-0.3, -0.25) is 4.79 Å². The van der Waals surface area contributed by atoms with Crippen molar-refractivity contribution < 1.29 is 9.18 Å². The molecule has 0 saturated heterocycles. The van der Waals surface area contributed by atoms with Crippen molar-refractivity contribution in [1.82, 2.24) is 0 Å². The summed E-state index contributed by atoms with van der Waals surface area (Å²) in [5, 5.41) is 0. The lowest BCUT2D eigenvalue weighted by Gasteiger charge is -2.08. The second-order valence-corrected chi connectivity index (χ2v) is 7.09. The number of hydrogen-bond donors (Lipinski definition) is 0. The number of carbonyl (C=O) groups excluding carboxylic acids is 1. The highest BCUT2D eigenvalue weighted by Gasteiger charge is 2.09. The summed E-state index contributed by atoms with van der Waals surface area (Å²) >= 11 is 0. The average Bonchev–Trinajstić information content (AvgIpc) is 3.00. The molecule has 0 saturated carbocycles. The van der Waals surface area contributed by atoms with Crippen LogP contribution in [0.3, 0.4) is 0 Å². The molecule has 1 aliphatic rings. The van der Waals surface area contributed by atoms with Gasteiger partial charge in [-0.15, -0.1) is 0 Å². The number of benzene rings is 3. The Bertz CT molecular complexity index is 1100. The van der Waals surface area contributed by atoms with Crippen molar-refractivity contribution in [2.24, 2.45) is 0 Å². The second kappa shape index (κ2) is 8.66. The Morgan fingerprint density at radius 1 is 0.793 bits per heavy atom. The van der Waals surface area contributed by atoms with Crippen molar-refractivity contribution in [2.45, 2.75) is 12.8 Å². The maximum atomic E-state index is 13.4. The van der Waals surface area contributed by atoms with Crippen molar-refractivity contribution in [2.75, 3.05) is 0 Å². The molecule has 0 aromatic heterocycles. The lowest BCUT2D eigenvalue weighted by Crippen LogP contribution is -1.97. The van der Waals surface area contributed by atoms with Gasteiger partial charge in [0.25, 0.3) is 0 Å². The van der Waals surface area contributed by atoms with Gasteiger partial charge >= 0.3 is 0 Å². The first-order valence-electron chi connectivity index (χ1n) is 9.72. The molecule has 0 amide bonds. The van der Waals surface area contributed by atoms with Crippen molar-refractivity contribution in [3.8, 4) is 11.1 Å². The normalized spacial score (nSPS) is 15.1. The van der Waals surface area contributed by atoms with Gasteiger partial charge in [0.2, 0.25) is 0 Å². The summed E-state index contributed by atoms with van der Waals surface area (Å²) in [5.41, 5.74) is 6.15. The minimum Gasteiger partial charge on any atom is -0.289 e. The molecule has 3 aromatic carbocycles. The largest absolute Gasteiger partial charge is 0.289 e. The molecule has 4 rings (SSSR count). The summed E-state index contributed by atoms with van der Waals surface area (Å²) in [6.07, 6.45) is 9.27. The second-order valence-electron chi connectivity index (χ2n) is 7.09. The molecule has 0 spiro atoms. The van der Waals surface area contributed by atoms with Crippen LogP contribution in [0.1, 0.15) is 28.8 Å². The maximum absolute atomic E-state index is 13.4. The first-order chi connectivity index (χ1) is 14.2. The van der Waals surface area contributed by atoms with Gasteiger partial charge in [-0.05, 0) is 58.9 Å². The molecule has 0 heterocycles. The van der Waals surface area contributed by atoms with Crippen LogP contribution in [0, 0.1) is 5.82 Å². The van der Waals surface area contributed by atoms with Crippen LogP contribution in [0.25, 0.3) is 16.7 Å². The fourth-order valence-electron chi connectivity index (χ4n) is 3.50. The van der Waals surface area contributed by atoms with Crippen molar-refractivity contribution in [3.63, 3.8) is 0 Å². The highest BCUT2D eigenvalue weighted by atomic mass is 19.1. The van der Waals surface area contributed by atoms with E-state index in [4.69, 9.17) is 0 Å². The number of rotatable bonds is 4. The molecule has 1 aliphatic carbocycles. The van der Waals surface area contributed by atoms with E-state index in [1.165, 1.54) is 34.4 Å². The molecule has 3 aromatic rings. The smallest absolute Gasteiger partial charge is 0.186 e. The predicted molar refractivity (Wildman–Crippen MR) is 117 cm³/mol.